The minimum Gasteiger partial charge on any atom is -0.330 e. The van der Waals surface area contributed by atoms with E-state index in [-0.39, 0.29) is 11.0 Å². The standard InChI is InChI=1S/C14H18ClF2N/c15-12-8-10(13(16)17)4-5-11(12)14(9-18)6-2-1-3-7-14/h4-5,8,13H,1-3,6-7,9,18H2. The highest BCUT2D eigenvalue weighted by molar-refractivity contribution is 6.31. The maximum absolute atomic E-state index is 12.6. The largest absolute Gasteiger partial charge is 0.330 e. The SMILES string of the molecule is NCC1(c2ccc(C(F)F)cc2Cl)CCCCC1. The Hall–Kier alpha value is -0.670. The lowest BCUT2D eigenvalue weighted by atomic mass is 9.69. The van der Waals surface area contributed by atoms with Gasteiger partial charge in [0, 0.05) is 22.5 Å². The first-order valence-corrected chi connectivity index (χ1v) is 6.75. The minimum absolute atomic E-state index is 0.0215. The van der Waals surface area contributed by atoms with Gasteiger partial charge >= 0.3 is 0 Å². The zero-order valence-electron chi connectivity index (χ0n) is 10.3. The molecule has 0 aromatic heterocycles. The van der Waals surface area contributed by atoms with Gasteiger partial charge in [-0.25, -0.2) is 8.78 Å². The van der Waals surface area contributed by atoms with Gasteiger partial charge in [0.05, 0.1) is 0 Å². The molecular formula is C14H18ClF2N. The van der Waals surface area contributed by atoms with Gasteiger partial charge in [-0.3, -0.25) is 0 Å². The lowest BCUT2D eigenvalue weighted by molar-refractivity contribution is 0.151. The molecule has 0 aliphatic heterocycles. The van der Waals surface area contributed by atoms with E-state index in [1.54, 1.807) is 6.07 Å². The van der Waals surface area contributed by atoms with Crippen molar-refractivity contribution in [3.63, 3.8) is 0 Å². The van der Waals surface area contributed by atoms with Gasteiger partial charge < -0.3 is 5.73 Å². The maximum atomic E-state index is 12.6. The number of alkyl halides is 2. The summed E-state index contributed by atoms with van der Waals surface area (Å²) in [6, 6.07) is 4.59. The molecule has 2 rings (SSSR count). The molecule has 2 N–H and O–H groups in total. The monoisotopic (exact) mass is 273 g/mol. The summed E-state index contributed by atoms with van der Waals surface area (Å²) in [5.74, 6) is 0. The van der Waals surface area contributed by atoms with Crippen molar-refractivity contribution in [1.82, 2.24) is 0 Å². The Morgan fingerprint density at radius 3 is 2.39 bits per heavy atom. The average Bonchev–Trinajstić information content (AvgIpc) is 2.39. The molecular weight excluding hydrogens is 256 g/mol. The third-order valence-corrected chi connectivity index (χ3v) is 4.33. The highest BCUT2D eigenvalue weighted by Gasteiger charge is 2.34. The van der Waals surface area contributed by atoms with Gasteiger partial charge in [-0.15, -0.1) is 0 Å². The molecule has 4 heteroatoms. The lowest BCUT2D eigenvalue weighted by Gasteiger charge is -2.37. The third kappa shape index (κ3) is 2.52. The Balaban J connectivity index is 2.36. The van der Waals surface area contributed by atoms with E-state index in [4.69, 9.17) is 17.3 Å². The molecule has 18 heavy (non-hydrogen) atoms. The van der Waals surface area contributed by atoms with Crippen LogP contribution in [0.15, 0.2) is 18.2 Å². The van der Waals surface area contributed by atoms with Gasteiger partial charge in [0.15, 0.2) is 0 Å². The van der Waals surface area contributed by atoms with E-state index in [1.165, 1.54) is 18.6 Å². The molecule has 1 aromatic rings. The van der Waals surface area contributed by atoms with Crippen LogP contribution in [0, 0.1) is 0 Å². The fourth-order valence-electron chi connectivity index (χ4n) is 2.91. The molecule has 0 amide bonds. The van der Waals surface area contributed by atoms with Crippen molar-refractivity contribution in [3.8, 4) is 0 Å². The molecule has 0 unspecified atom stereocenters. The highest BCUT2D eigenvalue weighted by atomic mass is 35.5. The van der Waals surface area contributed by atoms with Crippen molar-refractivity contribution < 1.29 is 8.78 Å². The minimum atomic E-state index is -2.48. The molecule has 1 aliphatic carbocycles. The number of halogens is 3. The van der Waals surface area contributed by atoms with E-state index < -0.39 is 6.43 Å². The Morgan fingerprint density at radius 2 is 1.89 bits per heavy atom. The van der Waals surface area contributed by atoms with Crippen molar-refractivity contribution >= 4 is 11.6 Å². The van der Waals surface area contributed by atoms with E-state index in [0.717, 1.165) is 31.2 Å². The molecule has 0 atom stereocenters. The van der Waals surface area contributed by atoms with Gasteiger partial charge in [-0.2, -0.15) is 0 Å². The summed E-state index contributed by atoms with van der Waals surface area (Å²) < 4.78 is 25.2. The fraction of sp³-hybridized carbons (Fsp3) is 0.571. The summed E-state index contributed by atoms with van der Waals surface area (Å²) >= 11 is 6.19. The van der Waals surface area contributed by atoms with E-state index in [0.29, 0.717) is 11.6 Å². The maximum Gasteiger partial charge on any atom is 0.263 e. The summed E-state index contributed by atoms with van der Waals surface area (Å²) in [5, 5.41) is 0.431. The molecule has 0 bridgehead atoms. The van der Waals surface area contributed by atoms with E-state index in [9.17, 15) is 8.78 Å². The van der Waals surface area contributed by atoms with Crippen LogP contribution in [0.4, 0.5) is 8.78 Å². The second kappa shape index (κ2) is 5.54. The predicted octanol–water partition coefficient (Wildman–Crippen LogP) is 4.44. The van der Waals surface area contributed by atoms with E-state index >= 15 is 0 Å². The van der Waals surface area contributed by atoms with E-state index in [2.05, 4.69) is 0 Å². The number of hydrogen-bond acceptors (Lipinski definition) is 1. The second-order valence-electron chi connectivity index (χ2n) is 5.09. The average molecular weight is 274 g/mol. The number of rotatable bonds is 3. The molecule has 0 radical (unpaired) electrons. The zero-order chi connectivity index (χ0) is 13.2. The lowest BCUT2D eigenvalue weighted by Crippen LogP contribution is -2.37. The van der Waals surface area contributed by atoms with Crippen LogP contribution in [-0.2, 0) is 5.41 Å². The predicted molar refractivity (Wildman–Crippen MR) is 70.2 cm³/mol. The van der Waals surface area contributed by atoms with Crippen LogP contribution in [0.2, 0.25) is 5.02 Å². The third-order valence-electron chi connectivity index (χ3n) is 4.02. The fourth-order valence-corrected chi connectivity index (χ4v) is 3.30. The van der Waals surface area contributed by atoms with Crippen molar-refractivity contribution in [2.24, 2.45) is 5.73 Å². The van der Waals surface area contributed by atoms with Crippen LogP contribution in [0.1, 0.15) is 49.7 Å². The Kier molecular flexibility index (Phi) is 4.23. The molecule has 100 valence electrons. The molecule has 1 aromatic carbocycles. The van der Waals surface area contributed by atoms with Crippen LogP contribution in [-0.4, -0.2) is 6.54 Å². The Bertz CT molecular complexity index is 414. The van der Waals surface area contributed by atoms with E-state index in [1.807, 2.05) is 0 Å². The van der Waals surface area contributed by atoms with Gasteiger partial charge in [0.1, 0.15) is 0 Å². The van der Waals surface area contributed by atoms with Crippen molar-refractivity contribution in [1.29, 1.82) is 0 Å². The van der Waals surface area contributed by atoms with Crippen LogP contribution >= 0.6 is 11.6 Å². The first kappa shape index (κ1) is 13.8. The number of benzene rings is 1. The normalized spacial score (nSPS) is 19.2. The molecule has 1 saturated carbocycles. The van der Waals surface area contributed by atoms with Crippen molar-refractivity contribution in [2.45, 2.75) is 43.9 Å². The zero-order valence-corrected chi connectivity index (χ0v) is 11.0. The van der Waals surface area contributed by atoms with Crippen molar-refractivity contribution in [2.75, 3.05) is 6.54 Å². The molecule has 1 aliphatic rings. The van der Waals surface area contributed by atoms with Crippen molar-refractivity contribution in [3.05, 3.63) is 34.3 Å². The van der Waals surface area contributed by atoms with Crippen LogP contribution in [0.3, 0.4) is 0 Å². The molecule has 0 spiro atoms. The summed E-state index contributed by atoms with van der Waals surface area (Å²) in [6.45, 7) is 0.529. The Labute approximate surface area is 111 Å². The second-order valence-corrected chi connectivity index (χ2v) is 5.49. The summed E-state index contributed by atoms with van der Waals surface area (Å²) in [6.07, 6.45) is 2.99. The van der Waals surface area contributed by atoms with Crippen LogP contribution < -0.4 is 5.73 Å². The smallest absolute Gasteiger partial charge is 0.263 e. The van der Waals surface area contributed by atoms with Gasteiger partial charge in [0.25, 0.3) is 6.43 Å². The summed E-state index contributed by atoms with van der Waals surface area (Å²) in [4.78, 5) is 0. The first-order chi connectivity index (χ1) is 8.59. The van der Waals surface area contributed by atoms with Crippen LogP contribution in [0.5, 0.6) is 0 Å². The highest BCUT2D eigenvalue weighted by Crippen LogP contribution is 2.42. The molecule has 1 nitrogen and oxygen atoms in total. The van der Waals surface area contributed by atoms with Crippen LogP contribution in [0.25, 0.3) is 0 Å². The quantitative estimate of drug-likeness (QED) is 0.866. The number of nitrogens with two attached hydrogens (primary N) is 1. The van der Waals surface area contributed by atoms with Gasteiger partial charge in [-0.05, 0) is 24.5 Å². The first-order valence-electron chi connectivity index (χ1n) is 6.37. The summed E-state index contributed by atoms with van der Waals surface area (Å²) in [7, 11) is 0. The molecule has 1 fully saturated rings. The number of hydrogen-bond donors (Lipinski definition) is 1. The Morgan fingerprint density at radius 1 is 1.22 bits per heavy atom. The molecule has 0 saturated heterocycles. The van der Waals surface area contributed by atoms with Gasteiger partial charge in [-0.1, -0.05) is 43.0 Å². The van der Waals surface area contributed by atoms with Gasteiger partial charge in [0.2, 0.25) is 0 Å². The molecule has 0 heterocycles. The topological polar surface area (TPSA) is 26.0 Å². The summed E-state index contributed by atoms with van der Waals surface area (Å²) in [5.41, 5.74) is 6.73.